The van der Waals surface area contributed by atoms with Crippen molar-refractivity contribution in [3.05, 3.63) is 0 Å². The smallest absolute Gasteiger partial charge is 0.305 e. The minimum absolute atomic E-state index is 0.0488. The summed E-state index contributed by atoms with van der Waals surface area (Å²) in [5.74, 6) is -1.56. The summed E-state index contributed by atoms with van der Waals surface area (Å²) in [5.41, 5.74) is 0. The van der Waals surface area contributed by atoms with E-state index in [0.717, 1.165) is 6.42 Å². The minimum atomic E-state index is -0.869. The van der Waals surface area contributed by atoms with Crippen LogP contribution in [0.25, 0.3) is 0 Å². The topological polar surface area (TPSA) is 89.9 Å². The maximum Gasteiger partial charge on any atom is 0.305 e. The first-order chi connectivity index (χ1) is 8.56. The maximum atomic E-state index is 11.1. The summed E-state index contributed by atoms with van der Waals surface area (Å²) in [4.78, 5) is 32.3. The van der Waals surface area contributed by atoms with Gasteiger partial charge in [0.25, 0.3) is 0 Å². The van der Waals surface area contributed by atoms with E-state index in [1.807, 2.05) is 6.92 Å². The van der Waals surface area contributed by atoms with Gasteiger partial charge in [-0.2, -0.15) is 0 Å². The number of carbonyl (C=O) groups excluding carboxylic acids is 2. The van der Waals surface area contributed by atoms with E-state index in [1.54, 1.807) is 0 Å². The van der Waals surface area contributed by atoms with E-state index in [-0.39, 0.29) is 32.0 Å². The van der Waals surface area contributed by atoms with Crippen molar-refractivity contribution in [3.8, 4) is 0 Å². The predicted molar refractivity (Wildman–Crippen MR) is 62.9 cm³/mol. The average Bonchev–Trinajstić information content (AvgIpc) is 2.30. The van der Waals surface area contributed by atoms with Crippen LogP contribution in [-0.4, -0.2) is 36.2 Å². The Morgan fingerprint density at radius 1 is 0.889 bits per heavy atom. The van der Waals surface area contributed by atoms with Gasteiger partial charge >= 0.3 is 17.9 Å². The van der Waals surface area contributed by atoms with Crippen LogP contribution >= 0.6 is 0 Å². The minimum Gasteiger partial charge on any atom is -0.481 e. The van der Waals surface area contributed by atoms with Gasteiger partial charge in [0.15, 0.2) is 0 Å². The standard InChI is InChI=1S/C12H20O6/c1-2-5-11(15)17-8-9-18-12(16)7-4-3-6-10(13)14/h2-9H2,1H3,(H,13,14). The third kappa shape index (κ3) is 10.9. The molecule has 6 heteroatoms. The van der Waals surface area contributed by atoms with E-state index in [9.17, 15) is 14.4 Å². The zero-order chi connectivity index (χ0) is 13.8. The third-order valence-corrected chi connectivity index (χ3v) is 2.09. The lowest BCUT2D eigenvalue weighted by molar-refractivity contribution is -0.152. The summed E-state index contributed by atoms with van der Waals surface area (Å²) in [6.07, 6.45) is 2.28. The first-order valence-electron chi connectivity index (χ1n) is 6.09. The highest BCUT2D eigenvalue weighted by molar-refractivity contribution is 5.70. The second-order valence-corrected chi connectivity index (χ2v) is 3.79. The summed E-state index contributed by atoms with van der Waals surface area (Å²) >= 11 is 0. The number of rotatable bonds is 10. The van der Waals surface area contributed by atoms with Crippen LogP contribution in [0.15, 0.2) is 0 Å². The molecule has 0 rings (SSSR count). The van der Waals surface area contributed by atoms with Crippen LogP contribution in [0.5, 0.6) is 0 Å². The van der Waals surface area contributed by atoms with Gasteiger partial charge in [-0.1, -0.05) is 6.92 Å². The van der Waals surface area contributed by atoms with Crippen LogP contribution in [0.4, 0.5) is 0 Å². The van der Waals surface area contributed by atoms with Crippen LogP contribution in [0.1, 0.15) is 45.4 Å². The Morgan fingerprint density at radius 3 is 1.89 bits per heavy atom. The molecule has 0 radical (unpaired) electrons. The number of hydrogen-bond acceptors (Lipinski definition) is 5. The molecule has 0 unspecified atom stereocenters. The molecule has 0 aromatic heterocycles. The van der Waals surface area contributed by atoms with Crippen LogP contribution in [0.3, 0.4) is 0 Å². The molecule has 0 fully saturated rings. The van der Waals surface area contributed by atoms with Crippen LogP contribution < -0.4 is 0 Å². The Kier molecular flexibility index (Phi) is 9.62. The first kappa shape index (κ1) is 16.4. The van der Waals surface area contributed by atoms with Crippen molar-refractivity contribution in [2.45, 2.75) is 45.4 Å². The van der Waals surface area contributed by atoms with Gasteiger partial charge in [0.2, 0.25) is 0 Å². The molecule has 0 aliphatic carbocycles. The summed E-state index contributed by atoms with van der Waals surface area (Å²) in [6, 6.07) is 0. The lowest BCUT2D eigenvalue weighted by atomic mass is 10.2. The first-order valence-corrected chi connectivity index (χ1v) is 6.09. The molecular formula is C12H20O6. The number of aliphatic carboxylic acids is 1. The van der Waals surface area contributed by atoms with Crippen molar-refractivity contribution in [2.75, 3.05) is 13.2 Å². The Morgan fingerprint density at radius 2 is 1.39 bits per heavy atom. The highest BCUT2D eigenvalue weighted by Gasteiger charge is 2.05. The fourth-order valence-electron chi connectivity index (χ4n) is 1.21. The largest absolute Gasteiger partial charge is 0.481 e. The second kappa shape index (κ2) is 10.6. The number of carboxylic acids is 1. The van der Waals surface area contributed by atoms with Crippen molar-refractivity contribution >= 4 is 17.9 Å². The molecule has 0 aromatic carbocycles. The van der Waals surface area contributed by atoms with E-state index in [0.29, 0.717) is 19.3 Å². The molecule has 104 valence electrons. The zero-order valence-corrected chi connectivity index (χ0v) is 10.6. The third-order valence-electron chi connectivity index (χ3n) is 2.09. The van der Waals surface area contributed by atoms with Crippen molar-refractivity contribution in [2.24, 2.45) is 0 Å². The molecule has 0 atom stereocenters. The van der Waals surface area contributed by atoms with Crippen LogP contribution in [0.2, 0.25) is 0 Å². The van der Waals surface area contributed by atoms with E-state index >= 15 is 0 Å². The second-order valence-electron chi connectivity index (χ2n) is 3.79. The normalized spacial score (nSPS) is 9.83. The highest BCUT2D eigenvalue weighted by atomic mass is 16.6. The number of carbonyl (C=O) groups is 3. The average molecular weight is 260 g/mol. The van der Waals surface area contributed by atoms with E-state index in [1.165, 1.54) is 0 Å². The quantitative estimate of drug-likeness (QED) is 0.473. The number of unbranched alkanes of at least 4 members (excludes halogenated alkanes) is 1. The number of carboxylic acid groups (broad SMARTS) is 1. The van der Waals surface area contributed by atoms with Crippen molar-refractivity contribution in [1.82, 2.24) is 0 Å². The Labute approximate surface area is 106 Å². The Hall–Kier alpha value is -1.59. The fraction of sp³-hybridized carbons (Fsp3) is 0.750. The van der Waals surface area contributed by atoms with Gasteiger partial charge in [-0.25, -0.2) is 0 Å². The lowest BCUT2D eigenvalue weighted by Crippen LogP contribution is -2.13. The SMILES string of the molecule is CCCC(=O)OCCOC(=O)CCCCC(=O)O. The van der Waals surface area contributed by atoms with E-state index in [4.69, 9.17) is 14.6 Å². The fourth-order valence-corrected chi connectivity index (χ4v) is 1.21. The van der Waals surface area contributed by atoms with Crippen molar-refractivity contribution in [3.63, 3.8) is 0 Å². The predicted octanol–water partition coefficient (Wildman–Crippen LogP) is 1.52. The van der Waals surface area contributed by atoms with Gasteiger partial charge in [0, 0.05) is 19.3 Å². The van der Waals surface area contributed by atoms with Crippen molar-refractivity contribution < 1.29 is 29.0 Å². The summed E-state index contributed by atoms with van der Waals surface area (Å²) in [6.45, 7) is 1.99. The Balaban J connectivity index is 3.37. The van der Waals surface area contributed by atoms with E-state index in [2.05, 4.69) is 0 Å². The van der Waals surface area contributed by atoms with Gasteiger partial charge in [-0.3, -0.25) is 14.4 Å². The van der Waals surface area contributed by atoms with Gasteiger partial charge in [-0.05, 0) is 19.3 Å². The molecule has 0 heterocycles. The molecule has 0 saturated carbocycles. The number of ether oxygens (including phenoxy) is 2. The number of esters is 2. The monoisotopic (exact) mass is 260 g/mol. The summed E-state index contributed by atoms with van der Waals surface area (Å²) in [7, 11) is 0. The van der Waals surface area contributed by atoms with Gasteiger partial charge in [0.05, 0.1) is 0 Å². The molecule has 18 heavy (non-hydrogen) atoms. The highest BCUT2D eigenvalue weighted by Crippen LogP contribution is 2.01. The van der Waals surface area contributed by atoms with Crippen LogP contribution in [-0.2, 0) is 23.9 Å². The molecule has 0 bridgehead atoms. The number of hydrogen-bond donors (Lipinski definition) is 1. The Bertz CT molecular complexity index is 274. The van der Waals surface area contributed by atoms with Gasteiger partial charge < -0.3 is 14.6 Å². The van der Waals surface area contributed by atoms with Gasteiger partial charge in [0.1, 0.15) is 13.2 Å². The van der Waals surface area contributed by atoms with Crippen molar-refractivity contribution in [1.29, 1.82) is 0 Å². The van der Waals surface area contributed by atoms with Gasteiger partial charge in [-0.15, -0.1) is 0 Å². The lowest BCUT2D eigenvalue weighted by Gasteiger charge is -2.05. The van der Waals surface area contributed by atoms with Crippen LogP contribution in [0, 0.1) is 0 Å². The van der Waals surface area contributed by atoms with E-state index < -0.39 is 11.9 Å². The summed E-state index contributed by atoms with van der Waals surface area (Å²) in [5, 5.41) is 8.38. The summed E-state index contributed by atoms with van der Waals surface area (Å²) < 4.78 is 9.61. The molecule has 0 aliphatic rings. The molecule has 1 N–H and O–H groups in total. The molecule has 0 saturated heterocycles. The molecule has 0 aromatic rings. The molecule has 0 spiro atoms. The molecule has 0 amide bonds. The maximum absolute atomic E-state index is 11.1. The molecule has 6 nitrogen and oxygen atoms in total. The molecular weight excluding hydrogens is 240 g/mol. The zero-order valence-electron chi connectivity index (χ0n) is 10.6. The molecule has 0 aliphatic heterocycles.